The first-order valence-corrected chi connectivity index (χ1v) is 10.3. The predicted octanol–water partition coefficient (Wildman–Crippen LogP) is 3.64. The zero-order valence-corrected chi connectivity index (χ0v) is 16.3. The van der Waals surface area contributed by atoms with Crippen molar-refractivity contribution < 1.29 is 24.9 Å². The number of ketones is 1. The third kappa shape index (κ3) is 5.76. The van der Waals surface area contributed by atoms with Crippen LogP contribution < -0.4 is 0 Å². The van der Waals surface area contributed by atoms with Gasteiger partial charge in [0.15, 0.2) is 0 Å². The lowest BCUT2D eigenvalue weighted by atomic mass is 9.62. The summed E-state index contributed by atoms with van der Waals surface area (Å²) < 4.78 is 0. The summed E-state index contributed by atoms with van der Waals surface area (Å²) in [4.78, 5) is 22.8. The minimum absolute atomic E-state index is 0.0155. The van der Waals surface area contributed by atoms with Gasteiger partial charge in [0, 0.05) is 24.7 Å². The first-order chi connectivity index (χ1) is 12.9. The molecule has 5 heteroatoms. The van der Waals surface area contributed by atoms with Gasteiger partial charge in [-0.3, -0.25) is 9.59 Å². The molecule has 152 valence electrons. The highest BCUT2D eigenvalue weighted by Gasteiger charge is 2.43. The third-order valence-corrected chi connectivity index (χ3v) is 6.29. The van der Waals surface area contributed by atoms with Gasteiger partial charge in [0.2, 0.25) is 0 Å². The maximum atomic E-state index is 12.2. The Kier molecular flexibility index (Phi) is 8.24. The van der Waals surface area contributed by atoms with Crippen molar-refractivity contribution in [2.45, 2.75) is 83.3 Å². The molecule has 3 N–H and O–H groups in total. The van der Waals surface area contributed by atoms with E-state index in [-0.39, 0.29) is 35.9 Å². The molecule has 4 atom stereocenters. The van der Waals surface area contributed by atoms with Crippen LogP contribution in [0.3, 0.4) is 0 Å². The van der Waals surface area contributed by atoms with Crippen molar-refractivity contribution >= 4 is 11.8 Å². The van der Waals surface area contributed by atoms with Crippen LogP contribution in [0.5, 0.6) is 0 Å². The number of rotatable bonds is 11. The van der Waals surface area contributed by atoms with E-state index in [4.69, 9.17) is 5.11 Å². The van der Waals surface area contributed by atoms with Crippen LogP contribution in [0.1, 0.15) is 71.1 Å². The van der Waals surface area contributed by atoms with Gasteiger partial charge in [-0.25, -0.2) is 0 Å². The number of hydrogen-bond acceptors (Lipinski definition) is 4. The Morgan fingerprint density at radius 3 is 2.67 bits per heavy atom. The van der Waals surface area contributed by atoms with E-state index in [0.29, 0.717) is 19.3 Å². The number of carbonyl (C=O) groups is 2. The number of hydrogen-bond donors (Lipinski definition) is 3. The second-order valence-corrected chi connectivity index (χ2v) is 8.21. The molecule has 0 heterocycles. The fourth-order valence-corrected chi connectivity index (χ4v) is 4.52. The Morgan fingerprint density at radius 2 is 2.07 bits per heavy atom. The summed E-state index contributed by atoms with van der Waals surface area (Å²) in [6.45, 7) is 2.13. The van der Waals surface area contributed by atoms with Gasteiger partial charge in [-0.1, -0.05) is 44.1 Å². The number of carbonyl (C=O) groups excluding carboxylic acids is 1. The van der Waals surface area contributed by atoms with Gasteiger partial charge in [-0.15, -0.1) is 0 Å². The second-order valence-electron chi connectivity index (χ2n) is 8.21. The number of carboxylic acid groups (broad SMARTS) is 1. The van der Waals surface area contributed by atoms with Crippen molar-refractivity contribution in [3.8, 4) is 0 Å². The third-order valence-electron chi connectivity index (χ3n) is 6.29. The monoisotopic (exact) mass is 378 g/mol. The smallest absolute Gasteiger partial charge is 0.303 e. The van der Waals surface area contributed by atoms with Gasteiger partial charge in [0.1, 0.15) is 5.78 Å². The molecule has 0 aromatic rings. The zero-order valence-electron chi connectivity index (χ0n) is 16.3. The largest absolute Gasteiger partial charge is 0.481 e. The van der Waals surface area contributed by atoms with Crippen LogP contribution in [-0.4, -0.2) is 39.3 Å². The highest BCUT2D eigenvalue weighted by atomic mass is 16.4. The summed E-state index contributed by atoms with van der Waals surface area (Å²) in [6.07, 6.45) is 13.7. The summed E-state index contributed by atoms with van der Waals surface area (Å²) in [7, 11) is 0. The minimum Gasteiger partial charge on any atom is -0.481 e. The van der Waals surface area contributed by atoms with E-state index in [9.17, 15) is 19.8 Å². The number of carboxylic acids is 1. The number of allylic oxidation sites excluding steroid dienone is 2. The maximum Gasteiger partial charge on any atom is 0.303 e. The van der Waals surface area contributed by atoms with Gasteiger partial charge < -0.3 is 15.3 Å². The van der Waals surface area contributed by atoms with Crippen molar-refractivity contribution in [2.75, 3.05) is 0 Å². The molecule has 0 bridgehead atoms. The van der Waals surface area contributed by atoms with Crippen LogP contribution in [0.4, 0.5) is 0 Å². The lowest BCUT2D eigenvalue weighted by Gasteiger charge is -2.45. The molecular weight excluding hydrogens is 344 g/mol. The molecule has 2 aliphatic rings. The average molecular weight is 379 g/mol. The molecule has 0 saturated heterocycles. The SMILES string of the molecule is CCCC1([C@@H](O)/C=C/C2[C@H](O)CC(=O)[C@@H]2C/C=C\CCCC(=O)O)CCC1. The highest BCUT2D eigenvalue weighted by Crippen LogP contribution is 2.48. The highest BCUT2D eigenvalue weighted by molar-refractivity contribution is 5.84. The molecule has 0 radical (unpaired) electrons. The lowest BCUT2D eigenvalue weighted by Crippen LogP contribution is -2.40. The van der Waals surface area contributed by atoms with Crippen LogP contribution in [-0.2, 0) is 9.59 Å². The van der Waals surface area contributed by atoms with Crippen LogP contribution in [0.15, 0.2) is 24.3 Å². The molecular formula is C22H34O5. The zero-order chi connectivity index (χ0) is 19.9. The van der Waals surface area contributed by atoms with Gasteiger partial charge in [-0.2, -0.15) is 0 Å². The summed E-state index contributed by atoms with van der Waals surface area (Å²) >= 11 is 0. The van der Waals surface area contributed by atoms with Gasteiger partial charge in [0.05, 0.1) is 12.2 Å². The molecule has 0 amide bonds. The molecule has 0 aromatic carbocycles. The molecule has 2 aliphatic carbocycles. The number of Topliss-reactive ketones (excluding diaryl/α,β-unsaturated/α-hetero) is 1. The summed E-state index contributed by atoms with van der Waals surface area (Å²) in [5.74, 6) is -1.25. The standard InChI is InChI=1S/C22H34O5/c1-2-12-22(13-7-14-22)20(25)11-10-17-16(18(23)15-19(17)24)8-5-3-4-6-9-21(26)27/h3,5,10-11,16-17,19-20,24-25H,2,4,6-9,12-15H2,1H3,(H,26,27)/b5-3-,11-10+/t16-,17?,19-,20+/m1/s1. The average Bonchev–Trinajstić information content (AvgIpc) is 2.84. The number of aliphatic hydroxyl groups is 2. The summed E-state index contributed by atoms with van der Waals surface area (Å²) in [6, 6.07) is 0. The summed E-state index contributed by atoms with van der Waals surface area (Å²) in [5, 5.41) is 29.6. The quantitative estimate of drug-likeness (QED) is 0.377. The van der Waals surface area contributed by atoms with E-state index in [0.717, 1.165) is 32.1 Å². The van der Waals surface area contributed by atoms with Crippen molar-refractivity contribution in [2.24, 2.45) is 17.3 Å². The first-order valence-electron chi connectivity index (χ1n) is 10.3. The van der Waals surface area contributed by atoms with E-state index in [1.165, 1.54) is 0 Å². The number of aliphatic hydroxyl groups excluding tert-OH is 2. The Morgan fingerprint density at radius 1 is 1.33 bits per heavy atom. The second kappa shape index (κ2) is 10.2. The van der Waals surface area contributed by atoms with Gasteiger partial charge in [0.25, 0.3) is 0 Å². The van der Waals surface area contributed by atoms with E-state index in [2.05, 4.69) is 6.92 Å². The first kappa shape index (κ1) is 21.8. The Hall–Kier alpha value is -1.46. The molecule has 2 fully saturated rings. The van der Waals surface area contributed by atoms with Crippen molar-refractivity contribution in [1.82, 2.24) is 0 Å². The van der Waals surface area contributed by atoms with Gasteiger partial charge in [-0.05, 0) is 43.9 Å². The van der Waals surface area contributed by atoms with Crippen LogP contribution in [0, 0.1) is 17.3 Å². The Balaban J connectivity index is 1.91. The van der Waals surface area contributed by atoms with Crippen molar-refractivity contribution in [1.29, 1.82) is 0 Å². The van der Waals surface area contributed by atoms with Gasteiger partial charge >= 0.3 is 5.97 Å². The van der Waals surface area contributed by atoms with E-state index < -0.39 is 18.2 Å². The molecule has 5 nitrogen and oxygen atoms in total. The minimum atomic E-state index is -0.798. The predicted molar refractivity (Wildman–Crippen MR) is 104 cm³/mol. The Bertz CT molecular complexity index is 561. The van der Waals surface area contributed by atoms with Crippen LogP contribution in [0.2, 0.25) is 0 Å². The molecule has 0 aliphatic heterocycles. The molecule has 2 rings (SSSR count). The fraction of sp³-hybridized carbons (Fsp3) is 0.727. The van der Waals surface area contributed by atoms with Crippen LogP contribution in [0.25, 0.3) is 0 Å². The van der Waals surface area contributed by atoms with E-state index in [1.54, 1.807) is 0 Å². The maximum absolute atomic E-state index is 12.2. The molecule has 27 heavy (non-hydrogen) atoms. The molecule has 0 spiro atoms. The van der Waals surface area contributed by atoms with E-state index >= 15 is 0 Å². The molecule has 2 saturated carbocycles. The van der Waals surface area contributed by atoms with Crippen LogP contribution >= 0.6 is 0 Å². The Labute approximate surface area is 162 Å². The normalized spacial score (nSPS) is 28.7. The summed E-state index contributed by atoms with van der Waals surface area (Å²) in [5.41, 5.74) is -0.0155. The number of unbranched alkanes of at least 4 members (excludes halogenated alkanes) is 1. The number of aliphatic carboxylic acids is 1. The molecule has 0 aromatic heterocycles. The molecule has 1 unspecified atom stereocenters. The van der Waals surface area contributed by atoms with Crippen molar-refractivity contribution in [3.05, 3.63) is 24.3 Å². The van der Waals surface area contributed by atoms with E-state index in [1.807, 2.05) is 24.3 Å². The topological polar surface area (TPSA) is 94.8 Å². The fourth-order valence-electron chi connectivity index (χ4n) is 4.52. The van der Waals surface area contributed by atoms with Crippen molar-refractivity contribution in [3.63, 3.8) is 0 Å². The lowest BCUT2D eigenvalue weighted by molar-refractivity contribution is -0.137.